The van der Waals surface area contributed by atoms with Crippen LogP contribution in [-0.4, -0.2) is 33.1 Å². The van der Waals surface area contributed by atoms with Crippen molar-refractivity contribution in [2.24, 2.45) is 11.3 Å². The van der Waals surface area contributed by atoms with Crippen molar-refractivity contribution in [3.63, 3.8) is 0 Å². The van der Waals surface area contributed by atoms with Crippen molar-refractivity contribution in [1.29, 1.82) is 0 Å². The van der Waals surface area contributed by atoms with E-state index in [1.165, 1.54) is 12.1 Å². The summed E-state index contributed by atoms with van der Waals surface area (Å²) < 4.78 is 15.6. The smallest absolute Gasteiger partial charge is 0.322 e. The van der Waals surface area contributed by atoms with Gasteiger partial charge in [-0.15, -0.1) is 0 Å². The van der Waals surface area contributed by atoms with Gasteiger partial charge in [0.25, 0.3) is 5.91 Å². The lowest BCUT2D eigenvalue weighted by Gasteiger charge is -2.40. The van der Waals surface area contributed by atoms with Gasteiger partial charge < -0.3 is 20.3 Å². The molecule has 0 radical (unpaired) electrons. The molecule has 33 heavy (non-hydrogen) atoms. The van der Waals surface area contributed by atoms with Crippen molar-refractivity contribution in [3.05, 3.63) is 53.8 Å². The number of rotatable bonds is 6. The second-order valence-corrected chi connectivity index (χ2v) is 9.78. The molecule has 1 amide bonds. The summed E-state index contributed by atoms with van der Waals surface area (Å²) in [6, 6.07) is 11.6. The number of amides is 1. The Morgan fingerprint density at radius 3 is 2.58 bits per heavy atom. The number of benzene rings is 2. The van der Waals surface area contributed by atoms with Crippen LogP contribution >= 0.6 is 0 Å². The van der Waals surface area contributed by atoms with Gasteiger partial charge >= 0.3 is 5.97 Å². The topological polar surface area (TPSA) is 96.3 Å². The van der Waals surface area contributed by atoms with E-state index in [4.69, 9.17) is 10.1 Å². The molecule has 174 valence electrons. The number of nitrogens with one attached hydrogen (secondary N) is 2. The summed E-state index contributed by atoms with van der Waals surface area (Å²) >= 11 is 0. The number of anilines is 2. The fourth-order valence-corrected chi connectivity index (χ4v) is 5.11. The van der Waals surface area contributed by atoms with E-state index >= 15 is 0 Å². The standard InChI is InChI=1S/C25H29FN4O3/c1-15-10-19(13-25(2,3)12-15)30-21-9-4-16(23(33)27-14-22(31)32)11-20(21)29-24(30)28-18-7-5-17(26)6-8-18/h4-9,11,15,19H,10,12-14H2,1-3H3,(H,27,33)(H,28,29)(H,31,32)/t15-,19+/m0/s1. The van der Waals surface area contributed by atoms with Crippen molar-refractivity contribution in [2.45, 2.75) is 46.1 Å². The fraction of sp³-hybridized carbons (Fsp3) is 0.400. The number of carbonyl (C=O) groups is 2. The third kappa shape index (κ3) is 5.16. The van der Waals surface area contributed by atoms with Crippen molar-refractivity contribution < 1.29 is 19.1 Å². The highest BCUT2D eigenvalue weighted by Crippen LogP contribution is 2.46. The number of fused-ring (bicyclic) bond motifs is 1. The van der Waals surface area contributed by atoms with Crippen LogP contribution in [0.5, 0.6) is 0 Å². The van der Waals surface area contributed by atoms with Gasteiger partial charge in [-0.3, -0.25) is 9.59 Å². The molecule has 4 rings (SSSR count). The van der Waals surface area contributed by atoms with E-state index in [1.54, 1.807) is 24.3 Å². The second-order valence-electron chi connectivity index (χ2n) is 9.78. The van der Waals surface area contributed by atoms with E-state index in [2.05, 4.69) is 36.0 Å². The molecule has 0 aliphatic heterocycles. The van der Waals surface area contributed by atoms with Crippen LogP contribution in [0, 0.1) is 17.2 Å². The second kappa shape index (κ2) is 8.84. The molecule has 1 heterocycles. The highest BCUT2D eigenvalue weighted by molar-refractivity contribution is 5.99. The Hall–Kier alpha value is -3.42. The van der Waals surface area contributed by atoms with Crippen LogP contribution in [-0.2, 0) is 4.79 Å². The molecule has 1 aliphatic rings. The van der Waals surface area contributed by atoms with Crippen LogP contribution < -0.4 is 10.6 Å². The van der Waals surface area contributed by atoms with Gasteiger partial charge in [-0.1, -0.05) is 20.8 Å². The number of imidazole rings is 1. The van der Waals surface area contributed by atoms with E-state index in [0.717, 1.165) is 30.5 Å². The van der Waals surface area contributed by atoms with Gasteiger partial charge in [0.15, 0.2) is 0 Å². The van der Waals surface area contributed by atoms with E-state index in [1.807, 2.05) is 6.07 Å². The average molecular weight is 453 g/mol. The maximum atomic E-state index is 13.4. The molecule has 0 bridgehead atoms. The molecule has 7 nitrogen and oxygen atoms in total. The molecular formula is C25H29FN4O3. The van der Waals surface area contributed by atoms with Crippen molar-refractivity contribution in [1.82, 2.24) is 14.9 Å². The Bertz CT molecular complexity index is 1190. The zero-order chi connectivity index (χ0) is 23.8. The Morgan fingerprint density at radius 1 is 1.18 bits per heavy atom. The van der Waals surface area contributed by atoms with E-state index < -0.39 is 18.4 Å². The minimum atomic E-state index is -1.10. The first-order valence-electron chi connectivity index (χ1n) is 11.2. The van der Waals surface area contributed by atoms with Crippen LogP contribution in [0.25, 0.3) is 11.0 Å². The number of carbonyl (C=O) groups excluding carboxylic acids is 1. The zero-order valence-electron chi connectivity index (χ0n) is 19.1. The minimum absolute atomic E-state index is 0.183. The van der Waals surface area contributed by atoms with Crippen LogP contribution in [0.3, 0.4) is 0 Å². The maximum Gasteiger partial charge on any atom is 0.322 e. The normalized spacial score (nSPS) is 19.9. The zero-order valence-corrected chi connectivity index (χ0v) is 19.1. The summed E-state index contributed by atoms with van der Waals surface area (Å²) in [4.78, 5) is 27.9. The average Bonchev–Trinajstić information content (AvgIpc) is 3.09. The Kier molecular flexibility index (Phi) is 6.10. The molecule has 2 aromatic carbocycles. The number of carboxylic acid groups (broad SMARTS) is 1. The lowest BCUT2D eigenvalue weighted by Crippen LogP contribution is -2.30. The molecule has 0 unspecified atom stereocenters. The van der Waals surface area contributed by atoms with Gasteiger partial charge in [0, 0.05) is 17.3 Å². The predicted molar refractivity (Wildman–Crippen MR) is 125 cm³/mol. The molecule has 3 N–H and O–H groups in total. The Balaban J connectivity index is 1.75. The van der Waals surface area contributed by atoms with Gasteiger partial charge in [-0.05, 0) is 73.1 Å². The number of halogens is 1. The fourth-order valence-electron chi connectivity index (χ4n) is 5.11. The third-order valence-electron chi connectivity index (χ3n) is 6.18. The molecule has 1 saturated carbocycles. The quantitative estimate of drug-likeness (QED) is 0.482. The number of carboxylic acids is 1. The summed E-state index contributed by atoms with van der Waals surface area (Å²) in [5.74, 6) is -0.692. The molecule has 1 aromatic heterocycles. The summed E-state index contributed by atoms with van der Waals surface area (Å²) in [6.07, 6.45) is 3.15. The molecule has 1 aliphatic carbocycles. The summed E-state index contributed by atoms with van der Waals surface area (Å²) in [7, 11) is 0. The first-order chi connectivity index (χ1) is 15.6. The molecule has 8 heteroatoms. The Morgan fingerprint density at radius 2 is 1.91 bits per heavy atom. The maximum absolute atomic E-state index is 13.4. The SMILES string of the molecule is C[C@H]1C[C@@H](n2c(Nc3ccc(F)cc3)nc3cc(C(=O)NCC(=O)O)ccc32)CC(C)(C)C1. The van der Waals surface area contributed by atoms with Crippen molar-refractivity contribution in [3.8, 4) is 0 Å². The molecule has 0 spiro atoms. The number of hydrogen-bond acceptors (Lipinski definition) is 4. The molecule has 2 atom stereocenters. The summed E-state index contributed by atoms with van der Waals surface area (Å²) in [6.45, 7) is 6.39. The van der Waals surface area contributed by atoms with E-state index in [-0.39, 0.29) is 17.3 Å². The number of hydrogen-bond donors (Lipinski definition) is 3. The van der Waals surface area contributed by atoms with E-state index in [0.29, 0.717) is 22.9 Å². The van der Waals surface area contributed by atoms with Gasteiger partial charge in [-0.2, -0.15) is 0 Å². The van der Waals surface area contributed by atoms with Gasteiger partial charge in [-0.25, -0.2) is 9.37 Å². The molecule has 1 fully saturated rings. The van der Waals surface area contributed by atoms with Crippen molar-refractivity contribution in [2.75, 3.05) is 11.9 Å². The third-order valence-corrected chi connectivity index (χ3v) is 6.18. The van der Waals surface area contributed by atoms with Gasteiger partial charge in [0.1, 0.15) is 12.4 Å². The molecule has 0 saturated heterocycles. The first-order valence-corrected chi connectivity index (χ1v) is 11.2. The molecule has 3 aromatic rings. The first kappa shape index (κ1) is 22.8. The lowest BCUT2D eigenvalue weighted by atomic mass is 9.70. The monoisotopic (exact) mass is 452 g/mol. The Labute approximate surface area is 192 Å². The van der Waals surface area contributed by atoms with Gasteiger partial charge in [0.05, 0.1) is 11.0 Å². The van der Waals surface area contributed by atoms with Crippen LogP contribution in [0.4, 0.5) is 16.0 Å². The van der Waals surface area contributed by atoms with Crippen LogP contribution in [0.2, 0.25) is 0 Å². The lowest BCUT2D eigenvalue weighted by molar-refractivity contribution is -0.135. The number of aromatic nitrogens is 2. The highest BCUT2D eigenvalue weighted by Gasteiger charge is 2.34. The number of aliphatic carboxylic acids is 1. The predicted octanol–water partition coefficient (Wildman–Crippen LogP) is 5.12. The van der Waals surface area contributed by atoms with Crippen LogP contribution in [0.1, 0.15) is 56.4 Å². The van der Waals surface area contributed by atoms with E-state index in [9.17, 15) is 14.0 Å². The summed E-state index contributed by atoms with van der Waals surface area (Å²) in [5, 5.41) is 14.5. The summed E-state index contributed by atoms with van der Waals surface area (Å²) in [5.41, 5.74) is 2.78. The number of nitrogens with zero attached hydrogens (tertiary/aromatic N) is 2. The molecular weight excluding hydrogens is 423 g/mol. The van der Waals surface area contributed by atoms with Crippen molar-refractivity contribution >= 4 is 34.5 Å². The van der Waals surface area contributed by atoms with Gasteiger partial charge in [0.2, 0.25) is 5.95 Å². The highest BCUT2D eigenvalue weighted by atomic mass is 19.1. The van der Waals surface area contributed by atoms with Crippen LogP contribution in [0.15, 0.2) is 42.5 Å². The largest absolute Gasteiger partial charge is 0.480 e. The minimum Gasteiger partial charge on any atom is -0.480 e.